The first-order valence-electron chi connectivity index (χ1n) is 7.35. The molecule has 5 nitrogen and oxygen atoms in total. The fourth-order valence-electron chi connectivity index (χ4n) is 2.21. The number of rotatable bonds is 3. The minimum Gasteiger partial charge on any atom is -0.491 e. The zero-order valence-corrected chi connectivity index (χ0v) is 13.4. The van der Waals surface area contributed by atoms with Gasteiger partial charge in [-0.25, -0.2) is 4.79 Å². The van der Waals surface area contributed by atoms with Gasteiger partial charge in [0.25, 0.3) is 0 Å². The largest absolute Gasteiger partial charge is 0.491 e. The van der Waals surface area contributed by atoms with Crippen molar-refractivity contribution in [2.75, 3.05) is 13.1 Å². The molecule has 1 aromatic heterocycles. The van der Waals surface area contributed by atoms with Crippen LogP contribution in [0.2, 0.25) is 0 Å². The maximum Gasteiger partial charge on any atom is 0.410 e. The quantitative estimate of drug-likeness (QED) is 0.858. The van der Waals surface area contributed by atoms with Crippen LogP contribution in [0.3, 0.4) is 0 Å². The number of carbonyl (C=O) groups is 1. The lowest BCUT2D eigenvalue weighted by Crippen LogP contribution is -2.50. The molecule has 2 heterocycles. The van der Waals surface area contributed by atoms with E-state index in [4.69, 9.17) is 9.47 Å². The lowest BCUT2D eigenvalue weighted by Gasteiger charge is -2.40. The minimum atomic E-state index is -0.456. The first-order chi connectivity index (χ1) is 9.76. The molecule has 2 rings (SSSR count). The second-order valence-electron chi connectivity index (χ2n) is 6.66. The predicted molar refractivity (Wildman–Crippen MR) is 80.5 cm³/mol. The summed E-state index contributed by atoms with van der Waals surface area (Å²) in [6, 6.07) is 1.88. The van der Waals surface area contributed by atoms with E-state index in [9.17, 15) is 4.79 Å². The van der Waals surface area contributed by atoms with Crippen LogP contribution in [0.5, 0.6) is 5.75 Å². The number of ether oxygens (including phenoxy) is 2. The first kappa shape index (κ1) is 15.6. The Morgan fingerprint density at radius 2 is 2.05 bits per heavy atom. The number of likely N-dealkylation sites (tertiary alicyclic amines) is 1. The molecule has 0 aliphatic carbocycles. The fourth-order valence-corrected chi connectivity index (χ4v) is 2.21. The lowest BCUT2D eigenvalue weighted by molar-refractivity contribution is 0.00784. The summed E-state index contributed by atoms with van der Waals surface area (Å²) in [5, 5.41) is 0. The van der Waals surface area contributed by atoms with E-state index < -0.39 is 5.60 Å². The number of hydrogen-bond donors (Lipinski definition) is 0. The Morgan fingerprint density at radius 3 is 2.62 bits per heavy atom. The molecule has 116 valence electrons. The highest BCUT2D eigenvalue weighted by Crippen LogP contribution is 2.34. The van der Waals surface area contributed by atoms with Gasteiger partial charge in [-0.15, -0.1) is 0 Å². The minimum absolute atomic E-state index is 0.119. The first-order valence-corrected chi connectivity index (χ1v) is 7.35. The predicted octanol–water partition coefficient (Wildman–Crippen LogP) is 3.20. The SMILES string of the molecule is CC(C)Oc1ccncc1C1CN(C(=O)OC(C)(C)C)C1. The van der Waals surface area contributed by atoms with E-state index in [2.05, 4.69) is 4.98 Å². The monoisotopic (exact) mass is 292 g/mol. The average Bonchev–Trinajstić information content (AvgIpc) is 2.26. The Labute approximate surface area is 126 Å². The zero-order chi connectivity index (χ0) is 15.6. The van der Waals surface area contributed by atoms with E-state index >= 15 is 0 Å². The summed E-state index contributed by atoms with van der Waals surface area (Å²) in [5.41, 5.74) is 0.605. The van der Waals surface area contributed by atoms with Gasteiger partial charge in [0.05, 0.1) is 6.10 Å². The molecule has 0 spiro atoms. The third-order valence-electron chi connectivity index (χ3n) is 3.15. The van der Waals surface area contributed by atoms with Gasteiger partial charge in [0, 0.05) is 37.0 Å². The highest BCUT2D eigenvalue weighted by atomic mass is 16.6. The number of carbonyl (C=O) groups excluding carboxylic acids is 1. The van der Waals surface area contributed by atoms with Crippen LogP contribution < -0.4 is 4.74 Å². The molecule has 1 aromatic rings. The summed E-state index contributed by atoms with van der Waals surface area (Å²) in [7, 11) is 0. The molecule has 0 aromatic carbocycles. The summed E-state index contributed by atoms with van der Waals surface area (Å²) < 4.78 is 11.2. The van der Waals surface area contributed by atoms with Crippen LogP contribution in [0, 0.1) is 0 Å². The summed E-state index contributed by atoms with van der Waals surface area (Å²) in [6.45, 7) is 10.9. The third kappa shape index (κ3) is 4.09. The fraction of sp³-hybridized carbons (Fsp3) is 0.625. The summed E-state index contributed by atoms with van der Waals surface area (Å²) >= 11 is 0. The number of hydrogen-bond acceptors (Lipinski definition) is 4. The van der Waals surface area contributed by atoms with Gasteiger partial charge in [-0.2, -0.15) is 0 Å². The Morgan fingerprint density at radius 1 is 1.38 bits per heavy atom. The van der Waals surface area contributed by atoms with Crippen molar-refractivity contribution in [1.29, 1.82) is 0 Å². The molecule has 5 heteroatoms. The molecule has 0 saturated carbocycles. The number of aromatic nitrogens is 1. The Hall–Kier alpha value is -1.78. The van der Waals surface area contributed by atoms with Gasteiger partial charge < -0.3 is 14.4 Å². The summed E-state index contributed by atoms with van der Waals surface area (Å²) in [5.74, 6) is 1.12. The van der Waals surface area contributed by atoms with Gasteiger partial charge in [-0.1, -0.05) is 0 Å². The van der Waals surface area contributed by atoms with Crippen molar-refractivity contribution < 1.29 is 14.3 Å². The Kier molecular flexibility index (Phi) is 4.40. The van der Waals surface area contributed by atoms with Crippen molar-refractivity contribution in [1.82, 2.24) is 9.88 Å². The van der Waals surface area contributed by atoms with Crippen LogP contribution in [0.15, 0.2) is 18.5 Å². The number of amides is 1. The van der Waals surface area contributed by atoms with E-state index in [1.807, 2.05) is 46.9 Å². The normalized spacial score (nSPS) is 15.8. The molecule has 1 amide bonds. The van der Waals surface area contributed by atoms with E-state index in [0.717, 1.165) is 11.3 Å². The van der Waals surface area contributed by atoms with Gasteiger partial charge in [-0.3, -0.25) is 4.98 Å². The van der Waals surface area contributed by atoms with E-state index in [0.29, 0.717) is 13.1 Å². The van der Waals surface area contributed by atoms with Gasteiger partial charge >= 0.3 is 6.09 Å². The van der Waals surface area contributed by atoms with Gasteiger partial charge in [0.15, 0.2) is 0 Å². The molecule has 21 heavy (non-hydrogen) atoms. The molecule has 0 radical (unpaired) electrons. The van der Waals surface area contributed by atoms with Gasteiger partial charge in [0.2, 0.25) is 0 Å². The van der Waals surface area contributed by atoms with E-state index in [1.54, 1.807) is 11.1 Å². The molecule has 0 bridgehead atoms. The van der Waals surface area contributed by atoms with Crippen molar-refractivity contribution in [2.24, 2.45) is 0 Å². The van der Waals surface area contributed by atoms with Crippen LogP contribution in [0.4, 0.5) is 4.79 Å². The van der Waals surface area contributed by atoms with Crippen LogP contribution in [-0.4, -0.2) is 40.8 Å². The second kappa shape index (κ2) is 5.92. The van der Waals surface area contributed by atoms with E-state index in [1.165, 1.54) is 0 Å². The van der Waals surface area contributed by atoms with Crippen molar-refractivity contribution in [3.05, 3.63) is 24.0 Å². The molecular formula is C16H24N2O3. The van der Waals surface area contributed by atoms with Crippen LogP contribution >= 0.6 is 0 Å². The highest BCUT2D eigenvalue weighted by molar-refractivity contribution is 5.69. The number of nitrogens with zero attached hydrogens (tertiary/aromatic N) is 2. The molecule has 1 aliphatic heterocycles. The van der Waals surface area contributed by atoms with Crippen molar-refractivity contribution in [3.8, 4) is 5.75 Å². The molecule has 0 unspecified atom stereocenters. The highest BCUT2D eigenvalue weighted by Gasteiger charge is 2.36. The molecule has 0 N–H and O–H groups in total. The van der Waals surface area contributed by atoms with Crippen LogP contribution in [-0.2, 0) is 4.74 Å². The maximum absolute atomic E-state index is 11.9. The summed E-state index contributed by atoms with van der Waals surface area (Å²) in [6.07, 6.45) is 3.42. The van der Waals surface area contributed by atoms with Crippen LogP contribution in [0.25, 0.3) is 0 Å². The van der Waals surface area contributed by atoms with E-state index in [-0.39, 0.29) is 18.1 Å². The zero-order valence-electron chi connectivity index (χ0n) is 13.4. The molecule has 1 saturated heterocycles. The smallest absolute Gasteiger partial charge is 0.410 e. The molecular weight excluding hydrogens is 268 g/mol. The van der Waals surface area contributed by atoms with Crippen molar-refractivity contribution in [2.45, 2.75) is 52.2 Å². The third-order valence-corrected chi connectivity index (χ3v) is 3.15. The molecule has 1 fully saturated rings. The number of pyridine rings is 1. The second-order valence-corrected chi connectivity index (χ2v) is 6.66. The molecule has 1 aliphatic rings. The van der Waals surface area contributed by atoms with Crippen molar-refractivity contribution >= 4 is 6.09 Å². The summed E-state index contributed by atoms with van der Waals surface area (Å²) in [4.78, 5) is 17.8. The topological polar surface area (TPSA) is 51.7 Å². The van der Waals surface area contributed by atoms with Crippen molar-refractivity contribution in [3.63, 3.8) is 0 Å². The maximum atomic E-state index is 11.9. The Bertz CT molecular complexity index is 502. The van der Waals surface area contributed by atoms with Gasteiger partial charge in [-0.05, 0) is 40.7 Å². The van der Waals surface area contributed by atoms with Crippen LogP contribution in [0.1, 0.15) is 46.1 Å². The van der Waals surface area contributed by atoms with Gasteiger partial charge in [0.1, 0.15) is 11.4 Å². The molecule has 0 atom stereocenters. The lowest BCUT2D eigenvalue weighted by atomic mass is 9.92. The standard InChI is InChI=1S/C16H24N2O3/c1-11(2)20-14-6-7-17-8-13(14)12-9-18(10-12)15(19)21-16(3,4)5/h6-8,11-12H,9-10H2,1-5H3. The Balaban J connectivity index is 1.97. The average molecular weight is 292 g/mol.